The number of aliphatic carboxylic acids is 1. The van der Waals surface area contributed by atoms with Gasteiger partial charge in [0, 0.05) is 29.6 Å². The summed E-state index contributed by atoms with van der Waals surface area (Å²) in [5, 5.41) is 10.3. The average molecular weight is 419 g/mol. The lowest BCUT2D eigenvalue weighted by Crippen LogP contribution is -2.59. The van der Waals surface area contributed by atoms with Crippen LogP contribution in [0, 0.1) is 28.6 Å². The summed E-state index contributed by atoms with van der Waals surface area (Å²) in [6.07, 6.45) is 4.76. The van der Waals surface area contributed by atoms with Crippen LogP contribution in [0.2, 0.25) is 0 Å². The maximum Gasteiger partial charge on any atom is 0.349 e. The van der Waals surface area contributed by atoms with E-state index in [1.165, 1.54) is 6.08 Å². The first kappa shape index (κ1) is 21.3. The average Bonchev–Trinajstić information content (AvgIpc) is 2.91. The zero-order valence-electron chi connectivity index (χ0n) is 18.2. The number of carbonyl (C=O) groups is 3. The second-order valence-corrected chi connectivity index (χ2v) is 10.1. The fourth-order valence-electron chi connectivity index (χ4n) is 7.16. The molecule has 5 nitrogen and oxygen atoms in total. The summed E-state index contributed by atoms with van der Waals surface area (Å²) in [5.74, 6) is -2.22. The minimum absolute atomic E-state index is 0.0179. The van der Waals surface area contributed by atoms with Crippen molar-refractivity contribution in [2.75, 3.05) is 0 Å². The lowest BCUT2D eigenvalue weighted by Gasteiger charge is -2.55. The van der Waals surface area contributed by atoms with Crippen LogP contribution < -0.4 is 0 Å². The summed E-state index contributed by atoms with van der Waals surface area (Å²) >= 11 is 0. The molecule has 0 amide bonds. The molecule has 4 rings (SSSR count). The number of rotatable bonds is 3. The van der Waals surface area contributed by atoms with Gasteiger partial charge in [-0.25, -0.2) is 9.18 Å². The Labute approximate surface area is 176 Å². The fraction of sp³-hybridized carbons (Fsp3) is 0.708. The van der Waals surface area contributed by atoms with Gasteiger partial charge in [0.2, 0.25) is 5.60 Å². The fourth-order valence-corrected chi connectivity index (χ4v) is 7.16. The predicted molar refractivity (Wildman–Crippen MR) is 108 cm³/mol. The van der Waals surface area contributed by atoms with E-state index in [0.29, 0.717) is 31.3 Å². The number of hydrogen-bond acceptors (Lipinski definition) is 4. The van der Waals surface area contributed by atoms with Crippen molar-refractivity contribution < 1.29 is 28.6 Å². The Kier molecular flexibility index (Phi) is 4.79. The standard InChI is InChI=1S/C24H31FO5/c1-5-20(27)30-24(21(28)29)13(2)10-17-15-12-19(25)18-11-14(26)6-8-22(18,3)16(15)7-9-23(17,24)4/h7,11,13,15,17,19H,5-6,8-10,12H2,1-4H3,(H,28,29)/t13-,15-,17+,19+,22-,23+,24+/m1/s1. The maximum atomic E-state index is 15.4. The van der Waals surface area contributed by atoms with Crippen LogP contribution in [0.15, 0.2) is 23.3 Å². The lowest BCUT2D eigenvalue weighted by molar-refractivity contribution is -0.201. The summed E-state index contributed by atoms with van der Waals surface area (Å²) in [6, 6.07) is 0. The molecule has 0 unspecified atom stereocenters. The summed E-state index contributed by atoms with van der Waals surface area (Å²) in [5.41, 5.74) is -1.18. The van der Waals surface area contributed by atoms with E-state index >= 15 is 4.39 Å². The molecule has 30 heavy (non-hydrogen) atoms. The molecule has 0 aliphatic heterocycles. The summed E-state index contributed by atoms with van der Waals surface area (Å²) in [4.78, 5) is 36.8. The number of ketones is 1. The number of allylic oxidation sites excluding steroid dienone is 4. The Bertz CT molecular complexity index is 875. The van der Waals surface area contributed by atoms with Crippen LogP contribution in [-0.4, -0.2) is 34.6 Å². The Morgan fingerprint density at radius 3 is 2.60 bits per heavy atom. The monoisotopic (exact) mass is 418 g/mol. The molecule has 6 heteroatoms. The van der Waals surface area contributed by atoms with Crippen molar-refractivity contribution in [3.63, 3.8) is 0 Å². The predicted octanol–water partition coefficient (Wildman–Crippen LogP) is 4.41. The molecule has 4 aliphatic rings. The van der Waals surface area contributed by atoms with Crippen molar-refractivity contribution in [2.45, 2.75) is 78.0 Å². The SMILES string of the molecule is CCC(=O)O[C@]1(C(=O)O)[C@H](C)C[C@H]2[C@@H]3C[C@H](F)C4=CC(=O)CC[C@]4(C)C3=CC[C@@]21C. The minimum Gasteiger partial charge on any atom is -0.478 e. The van der Waals surface area contributed by atoms with Gasteiger partial charge in [0.25, 0.3) is 0 Å². The molecule has 0 saturated heterocycles. The number of halogens is 1. The summed E-state index contributed by atoms with van der Waals surface area (Å²) in [7, 11) is 0. The van der Waals surface area contributed by atoms with E-state index in [9.17, 15) is 19.5 Å². The van der Waals surface area contributed by atoms with E-state index in [0.717, 1.165) is 5.57 Å². The van der Waals surface area contributed by atoms with E-state index in [4.69, 9.17) is 4.74 Å². The number of esters is 1. The summed E-state index contributed by atoms with van der Waals surface area (Å²) < 4.78 is 21.1. The molecule has 2 saturated carbocycles. The van der Waals surface area contributed by atoms with Gasteiger partial charge >= 0.3 is 11.9 Å². The third-order valence-electron chi connectivity index (χ3n) is 8.74. The topological polar surface area (TPSA) is 80.7 Å². The van der Waals surface area contributed by atoms with Crippen molar-refractivity contribution in [2.24, 2.45) is 28.6 Å². The first-order valence-electron chi connectivity index (χ1n) is 11.1. The van der Waals surface area contributed by atoms with Crippen LogP contribution >= 0.6 is 0 Å². The van der Waals surface area contributed by atoms with Crippen molar-refractivity contribution in [1.82, 2.24) is 0 Å². The van der Waals surface area contributed by atoms with E-state index in [-0.39, 0.29) is 36.4 Å². The molecule has 0 radical (unpaired) electrons. The molecular formula is C24H31FO5. The van der Waals surface area contributed by atoms with E-state index < -0.39 is 34.5 Å². The number of carbonyl (C=O) groups excluding carboxylic acids is 2. The number of ether oxygens (including phenoxy) is 1. The van der Waals surface area contributed by atoms with Gasteiger partial charge in [-0.05, 0) is 49.2 Å². The second-order valence-electron chi connectivity index (χ2n) is 10.1. The van der Waals surface area contributed by atoms with Gasteiger partial charge in [-0.1, -0.05) is 39.3 Å². The highest BCUT2D eigenvalue weighted by molar-refractivity contribution is 5.92. The van der Waals surface area contributed by atoms with Gasteiger partial charge in [-0.15, -0.1) is 0 Å². The zero-order valence-corrected chi connectivity index (χ0v) is 18.2. The maximum absolute atomic E-state index is 15.4. The van der Waals surface area contributed by atoms with Crippen LogP contribution in [-0.2, 0) is 19.1 Å². The molecule has 4 aliphatic carbocycles. The van der Waals surface area contributed by atoms with Crippen LogP contribution in [0.3, 0.4) is 0 Å². The third-order valence-corrected chi connectivity index (χ3v) is 8.74. The molecule has 0 bridgehead atoms. The lowest BCUT2D eigenvalue weighted by atomic mass is 9.50. The van der Waals surface area contributed by atoms with E-state index in [1.54, 1.807) is 6.92 Å². The minimum atomic E-state index is -1.61. The molecule has 0 aromatic heterocycles. The Morgan fingerprint density at radius 1 is 1.27 bits per heavy atom. The van der Waals surface area contributed by atoms with Gasteiger partial charge < -0.3 is 9.84 Å². The highest BCUT2D eigenvalue weighted by atomic mass is 19.1. The largest absolute Gasteiger partial charge is 0.478 e. The highest BCUT2D eigenvalue weighted by Crippen LogP contribution is 2.68. The zero-order chi connectivity index (χ0) is 22.1. The normalized spacial score (nSPS) is 44.9. The van der Waals surface area contributed by atoms with E-state index in [2.05, 4.69) is 6.08 Å². The van der Waals surface area contributed by atoms with E-state index in [1.807, 2.05) is 20.8 Å². The Morgan fingerprint density at radius 2 is 1.97 bits per heavy atom. The molecule has 0 spiro atoms. The third kappa shape index (κ3) is 2.54. The van der Waals surface area contributed by atoms with Crippen molar-refractivity contribution in [1.29, 1.82) is 0 Å². The molecule has 7 atom stereocenters. The van der Waals surface area contributed by atoms with Crippen molar-refractivity contribution in [3.05, 3.63) is 23.3 Å². The van der Waals surface area contributed by atoms with Crippen LogP contribution in [0.4, 0.5) is 4.39 Å². The molecule has 0 aromatic rings. The molecule has 164 valence electrons. The molecular weight excluding hydrogens is 387 g/mol. The van der Waals surface area contributed by atoms with Gasteiger partial charge in [0.1, 0.15) is 6.17 Å². The molecule has 2 fully saturated rings. The van der Waals surface area contributed by atoms with Gasteiger partial charge in [0.15, 0.2) is 5.78 Å². The number of hydrogen-bond donors (Lipinski definition) is 1. The van der Waals surface area contributed by atoms with Gasteiger partial charge in [-0.3, -0.25) is 9.59 Å². The van der Waals surface area contributed by atoms with Crippen LogP contribution in [0.5, 0.6) is 0 Å². The molecule has 0 heterocycles. The molecule has 1 N–H and O–H groups in total. The number of carboxylic acids is 1. The first-order chi connectivity index (χ1) is 14.0. The van der Waals surface area contributed by atoms with Gasteiger partial charge in [-0.2, -0.15) is 0 Å². The quantitative estimate of drug-likeness (QED) is 0.542. The Hall–Kier alpha value is -1.98. The highest BCUT2D eigenvalue weighted by Gasteiger charge is 2.71. The van der Waals surface area contributed by atoms with Crippen molar-refractivity contribution in [3.8, 4) is 0 Å². The Balaban J connectivity index is 1.82. The number of carboxylic acid groups (broad SMARTS) is 1. The number of alkyl halides is 1. The molecule has 0 aromatic carbocycles. The second kappa shape index (κ2) is 6.76. The van der Waals surface area contributed by atoms with Crippen LogP contribution in [0.25, 0.3) is 0 Å². The van der Waals surface area contributed by atoms with Crippen LogP contribution in [0.1, 0.15) is 66.2 Å². The number of fused-ring (bicyclic) bond motifs is 5. The van der Waals surface area contributed by atoms with Crippen molar-refractivity contribution >= 4 is 17.7 Å². The van der Waals surface area contributed by atoms with Gasteiger partial charge in [0.05, 0.1) is 0 Å². The first-order valence-corrected chi connectivity index (χ1v) is 11.1. The smallest absolute Gasteiger partial charge is 0.349 e. The summed E-state index contributed by atoms with van der Waals surface area (Å²) in [6.45, 7) is 7.42.